The molecular weight excluding hydrogens is 394 g/mol. The summed E-state index contributed by atoms with van der Waals surface area (Å²) in [6.07, 6.45) is 5.72. The fourth-order valence-electron chi connectivity index (χ4n) is 3.47. The Morgan fingerprint density at radius 1 is 1.03 bits per heavy atom. The molecule has 5 rings (SSSR count). The first-order chi connectivity index (χ1) is 14.6. The monoisotopic (exact) mass is 413 g/mol. The van der Waals surface area contributed by atoms with Crippen molar-refractivity contribution >= 4 is 28.3 Å². The maximum Gasteiger partial charge on any atom is 0.267 e. The highest BCUT2D eigenvalue weighted by Crippen LogP contribution is 2.24. The van der Waals surface area contributed by atoms with E-state index in [0.29, 0.717) is 27.6 Å². The molecule has 0 aliphatic rings. The van der Waals surface area contributed by atoms with E-state index >= 15 is 0 Å². The number of hydrogen-bond donors (Lipinski definition) is 0. The summed E-state index contributed by atoms with van der Waals surface area (Å²) in [6, 6.07) is 15.3. The number of fused-ring (bicyclic) bond motifs is 2. The van der Waals surface area contributed by atoms with E-state index in [4.69, 9.17) is 9.97 Å². The van der Waals surface area contributed by atoms with Crippen LogP contribution in [0.1, 0.15) is 16.8 Å². The molecule has 1 aromatic carbocycles. The number of para-hydroxylation sites is 1. The van der Waals surface area contributed by atoms with Crippen LogP contribution in [0.15, 0.2) is 77.1 Å². The van der Waals surface area contributed by atoms with Crippen LogP contribution in [0.2, 0.25) is 0 Å². The maximum absolute atomic E-state index is 13.3. The summed E-state index contributed by atoms with van der Waals surface area (Å²) in [4.78, 5) is 27.3. The van der Waals surface area contributed by atoms with Gasteiger partial charge in [0.15, 0.2) is 5.16 Å². The van der Waals surface area contributed by atoms with E-state index < -0.39 is 0 Å². The van der Waals surface area contributed by atoms with Gasteiger partial charge in [-0.05, 0) is 55.3 Å². The Hall–Kier alpha value is -3.45. The van der Waals surface area contributed by atoms with E-state index in [0.717, 1.165) is 22.5 Å². The van der Waals surface area contributed by atoms with E-state index in [1.165, 1.54) is 11.8 Å². The zero-order chi connectivity index (χ0) is 20.7. The maximum atomic E-state index is 13.3. The first kappa shape index (κ1) is 18.6. The van der Waals surface area contributed by atoms with Gasteiger partial charge in [-0.25, -0.2) is 19.5 Å². The minimum Gasteiger partial charge on any atom is -0.307 e. The van der Waals surface area contributed by atoms with Crippen molar-refractivity contribution in [3.8, 4) is 5.82 Å². The van der Waals surface area contributed by atoms with Gasteiger partial charge in [0, 0.05) is 24.3 Å². The second-order valence-corrected chi connectivity index (χ2v) is 8.13. The molecule has 0 bridgehead atoms. The van der Waals surface area contributed by atoms with Crippen LogP contribution in [-0.4, -0.2) is 23.9 Å². The van der Waals surface area contributed by atoms with Gasteiger partial charge in [-0.15, -0.1) is 0 Å². The van der Waals surface area contributed by atoms with Gasteiger partial charge in [0.2, 0.25) is 0 Å². The van der Waals surface area contributed by atoms with Gasteiger partial charge in [0.1, 0.15) is 11.5 Å². The van der Waals surface area contributed by atoms with Gasteiger partial charge in [0.25, 0.3) is 5.56 Å². The molecule has 0 atom stereocenters. The van der Waals surface area contributed by atoms with E-state index in [1.54, 1.807) is 16.8 Å². The van der Waals surface area contributed by atoms with Crippen molar-refractivity contribution in [1.82, 2.24) is 23.9 Å². The number of aromatic nitrogens is 5. The van der Waals surface area contributed by atoms with E-state index in [2.05, 4.69) is 4.98 Å². The Morgan fingerprint density at radius 3 is 2.73 bits per heavy atom. The summed E-state index contributed by atoms with van der Waals surface area (Å²) in [5, 5.41) is 1.18. The third-order valence-electron chi connectivity index (χ3n) is 4.95. The fourth-order valence-corrected chi connectivity index (χ4v) is 4.35. The number of thioether (sulfide) groups is 1. The lowest BCUT2D eigenvalue weighted by Gasteiger charge is -2.12. The number of aryl methyl sites for hydroxylation is 2. The second-order valence-electron chi connectivity index (χ2n) is 7.19. The largest absolute Gasteiger partial charge is 0.307 e. The Bertz CT molecular complexity index is 1450. The lowest BCUT2D eigenvalue weighted by Crippen LogP contribution is -2.22. The molecule has 0 fully saturated rings. The molecule has 0 unspecified atom stereocenters. The molecule has 0 radical (unpaired) electrons. The van der Waals surface area contributed by atoms with Gasteiger partial charge < -0.3 is 4.40 Å². The number of hydrogen-bond acceptors (Lipinski definition) is 5. The molecule has 0 aliphatic heterocycles. The normalized spacial score (nSPS) is 11.4. The molecule has 0 aliphatic carbocycles. The van der Waals surface area contributed by atoms with E-state index in [1.807, 2.05) is 73.1 Å². The predicted octanol–water partition coefficient (Wildman–Crippen LogP) is 4.34. The van der Waals surface area contributed by atoms with Crippen LogP contribution in [0.25, 0.3) is 22.4 Å². The third kappa shape index (κ3) is 3.27. The number of rotatable bonds is 4. The fraction of sp³-hybridized carbons (Fsp3) is 0.130. The molecule has 0 spiro atoms. The minimum absolute atomic E-state index is 0.118. The molecule has 4 aromatic heterocycles. The summed E-state index contributed by atoms with van der Waals surface area (Å²) < 4.78 is 3.62. The Labute approximate surface area is 177 Å². The highest BCUT2D eigenvalue weighted by Gasteiger charge is 2.15. The van der Waals surface area contributed by atoms with Crippen molar-refractivity contribution in [3.05, 3.63) is 94.3 Å². The van der Waals surface area contributed by atoms with E-state index in [9.17, 15) is 4.79 Å². The van der Waals surface area contributed by atoms with Crippen LogP contribution >= 0.6 is 11.8 Å². The Kier molecular flexibility index (Phi) is 4.59. The number of benzene rings is 1. The quantitative estimate of drug-likeness (QED) is 0.324. The molecular formula is C23H19N5OS. The summed E-state index contributed by atoms with van der Waals surface area (Å²) in [5.41, 5.74) is 4.59. The number of nitrogens with zero attached hydrogens (tertiary/aromatic N) is 5. The molecule has 0 saturated carbocycles. The van der Waals surface area contributed by atoms with Crippen LogP contribution in [0.5, 0.6) is 0 Å². The molecule has 6 nitrogen and oxygen atoms in total. The number of pyridine rings is 2. The van der Waals surface area contributed by atoms with Crippen LogP contribution in [-0.2, 0) is 5.75 Å². The molecule has 4 heterocycles. The molecule has 148 valence electrons. The van der Waals surface area contributed by atoms with Crippen molar-refractivity contribution < 1.29 is 0 Å². The van der Waals surface area contributed by atoms with Crippen molar-refractivity contribution in [2.45, 2.75) is 24.8 Å². The molecule has 5 aromatic rings. The molecule has 0 N–H and O–H groups in total. The standard InChI is InChI=1S/C23H19N5OS/c1-15-9-10-24-20(12-15)28-22(29)18-7-3-4-8-19(18)26-23(28)30-14-17-13-27-11-5-6-16(2)21(27)25-17/h3-13H,14H2,1-2H3. The SMILES string of the molecule is Cc1ccnc(-n2c(SCc3cn4cccc(C)c4n3)nc3ccccc3c2=O)c1. The summed E-state index contributed by atoms with van der Waals surface area (Å²) in [7, 11) is 0. The Balaban J connectivity index is 1.61. The molecule has 30 heavy (non-hydrogen) atoms. The van der Waals surface area contributed by atoms with Crippen LogP contribution in [0.3, 0.4) is 0 Å². The third-order valence-corrected chi connectivity index (χ3v) is 5.92. The van der Waals surface area contributed by atoms with Crippen molar-refractivity contribution in [2.24, 2.45) is 0 Å². The average molecular weight is 414 g/mol. The number of imidazole rings is 1. The van der Waals surface area contributed by atoms with Gasteiger partial charge in [-0.2, -0.15) is 0 Å². The van der Waals surface area contributed by atoms with Crippen LogP contribution in [0, 0.1) is 13.8 Å². The van der Waals surface area contributed by atoms with Gasteiger partial charge in [-0.1, -0.05) is 30.0 Å². The van der Waals surface area contributed by atoms with Gasteiger partial charge in [0.05, 0.1) is 16.6 Å². The van der Waals surface area contributed by atoms with Crippen molar-refractivity contribution in [2.75, 3.05) is 0 Å². The zero-order valence-electron chi connectivity index (χ0n) is 16.6. The summed E-state index contributed by atoms with van der Waals surface area (Å²) in [6.45, 7) is 4.03. The highest BCUT2D eigenvalue weighted by atomic mass is 32.2. The lowest BCUT2D eigenvalue weighted by atomic mass is 10.2. The van der Waals surface area contributed by atoms with Crippen LogP contribution in [0.4, 0.5) is 0 Å². The topological polar surface area (TPSA) is 65.1 Å². The molecule has 7 heteroatoms. The minimum atomic E-state index is -0.118. The summed E-state index contributed by atoms with van der Waals surface area (Å²) >= 11 is 1.49. The van der Waals surface area contributed by atoms with Gasteiger partial charge in [-0.3, -0.25) is 4.79 Å². The van der Waals surface area contributed by atoms with Crippen molar-refractivity contribution in [3.63, 3.8) is 0 Å². The first-order valence-corrected chi connectivity index (χ1v) is 10.6. The van der Waals surface area contributed by atoms with Crippen LogP contribution < -0.4 is 5.56 Å². The zero-order valence-corrected chi connectivity index (χ0v) is 17.4. The Morgan fingerprint density at radius 2 is 1.90 bits per heavy atom. The molecule has 0 saturated heterocycles. The second kappa shape index (κ2) is 7.42. The summed E-state index contributed by atoms with van der Waals surface area (Å²) in [5.74, 6) is 1.17. The van der Waals surface area contributed by atoms with Gasteiger partial charge >= 0.3 is 0 Å². The van der Waals surface area contributed by atoms with Crippen molar-refractivity contribution in [1.29, 1.82) is 0 Å². The highest BCUT2D eigenvalue weighted by molar-refractivity contribution is 7.98. The lowest BCUT2D eigenvalue weighted by molar-refractivity contribution is 0.794. The average Bonchev–Trinajstić information content (AvgIpc) is 3.17. The predicted molar refractivity (Wildman–Crippen MR) is 119 cm³/mol. The first-order valence-electron chi connectivity index (χ1n) is 9.61. The molecule has 0 amide bonds. The van der Waals surface area contributed by atoms with E-state index in [-0.39, 0.29) is 5.56 Å². The smallest absolute Gasteiger partial charge is 0.267 e.